The highest BCUT2D eigenvalue weighted by atomic mass is 16.7. The second-order valence-electron chi connectivity index (χ2n) is 16.5. The van der Waals surface area contributed by atoms with E-state index in [0.717, 1.165) is 25.7 Å². The first kappa shape index (κ1) is 44.3. The molecule has 3 fully saturated rings. The number of carbonyl (C=O) groups excluding carboxylic acids is 3. The minimum absolute atomic E-state index is 0.0300. The number of methoxy groups -OCH3 is 1. The van der Waals surface area contributed by atoms with Crippen LogP contribution in [0.2, 0.25) is 0 Å². The molecule has 0 aromatic rings. The molecule has 54 heavy (non-hydrogen) atoms. The van der Waals surface area contributed by atoms with E-state index in [9.17, 15) is 34.8 Å². The Morgan fingerprint density at radius 1 is 0.963 bits per heavy atom. The Morgan fingerprint density at radius 2 is 1.70 bits per heavy atom. The lowest BCUT2D eigenvalue weighted by Gasteiger charge is -2.51. The van der Waals surface area contributed by atoms with Gasteiger partial charge in [-0.05, 0) is 30.9 Å². The minimum Gasteiger partial charge on any atom is -0.466 e. The number of aliphatic hydroxyl groups excluding tert-OH is 3. The van der Waals surface area contributed by atoms with Crippen LogP contribution in [0.1, 0.15) is 118 Å². The van der Waals surface area contributed by atoms with Crippen LogP contribution in [0.5, 0.6) is 0 Å². The van der Waals surface area contributed by atoms with Crippen molar-refractivity contribution < 1.29 is 68.0 Å². The predicted molar refractivity (Wildman–Crippen MR) is 194 cm³/mol. The number of rotatable bonds is 9. The zero-order valence-electron chi connectivity index (χ0n) is 32.9. The monoisotopic (exact) mass is 768 g/mol. The van der Waals surface area contributed by atoms with Crippen LogP contribution < -0.4 is 0 Å². The molecular formula is C40H64O14. The predicted octanol–water partition coefficient (Wildman–Crippen LogP) is 3.93. The number of unbranched alkanes of at least 4 members (excludes halogenated alkanes) is 4. The molecule has 4 N–H and O–H groups in total. The van der Waals surface area contributed by atoms with Crippen LogP contribution in [0, 0.1) is 10.8 Å². The average Bonchev–Trinajstić information content (AvgIpc) is 3.10. The maximum atomic E-state index is 13.3. The Morgan fingerprint density at radius 3 is 2.41 bits per heavy atom. The van der Waals surface area contributed by atoms with E-state index >= 15 is 0 Å². The van der Waals surface area contributed by atoms with Crippen molar-refractivity contribution in [3.05, 3.63) is 23.8 Å². The highest BCUT2D eigenvalue weighted by molar-refractivity contribution is 5.83. The van der Waals surface area contributed by atoms with Crippen molar-refractivity contribution in [1.82, 2.24) is 0 Å². The summed E-state index contributed by atoms with van der Waals surface area (Å²) in [5.74, 6) is -4.36. The smallest absolute Gasteiger partial charge is 0.330 e. The molecule has 0 amide bonds. The Labute approximate surface area is 319 Å². The highest BCUT2D eigenvalue weighted by Gasteiger charge is 2.57. The molecule has 4 heterocycles. The summed E-state index contributed by atoms with van der Waals surface area (Å²) in [5, 5.41) is 45.0. The van der Waals surface area contributed by atoms with Gasteiger partial charge in [-0.15, -0.1) is 0 Å². The zero-order chi connectivity index (χ0) is 39.7. The fourth-order valence-corrected chi connectivity index (χ4v) is 7.74. The molecule has 0 saturated carbocycles. The first-order chi connectivity index (χ1) is 25.5. The summed E-state index contributed by atoms with van der Waals surface area (Å²) in [6.45, 7) is 9.10. The molecule has 0 radical (unpaired) electrons. The van der Waals surface area contributed by atoms with Gasteiger partial charge in [-0.25, -0.2) is 4.79 Å². The third-order valence-corrected chi connectivity index (χ3v) is 11.4. The van der Waals surface area contributed by atoms with Crippen LogP contribution in [0.25, 0.3) is 0 Å². The van der Waals surface area contributed by atoms with Gasteiger partial charge >= 0.3 is 17.9 Å². The Kier molecular flexibility index (Phi) is 16.1. The van der Waals surface area contributed by atoms with Gasteiger partial charge in [0.05, 0.1) is 63.4 Å². The fraction of sp³-hybridized carbons (Fsp3) is 0.825. The van der Waals surface area contributed by atoms with E-state index in [1.807, 2.05) is 13.8 Å². The van der Waals surface area contributed by atoms with Crippen molar-refractivity contribution >= 4 is 17.9 Å². The van der Waals surface area contributed by atoms with E-state index in [0.29, 0.717) is 25.9 Å². The van der Waals surface area contributed by atoms with Crippen LogP contribution in [-0.4, -0.2) is 120 Å². The lowest BCUT2D eigenvalue weighted by atomic mass is 9.73. The molecule has 0 spiro atoms. The van der Waals surface area contributed by atoms with Gasteiger partial charge in [-0.2, -0.15) is 0 Å². The third-order valence-electron chi connectivity index (χ3n) is 11.4. The number of aliphatic hydroxyl groups is 4. The van der Waals surface area contributed by atoms with E-state index in [2.05, 4.69) is 6.92 Å². The molecule has 6 bridgehead atoms. The average molecular weight is 769 g/mol. The maximum Gasteiger partial charge on any atom is 0.330 e. The van der Waals surface area contributed by atoms with Gasteiger partial charge in [0.1, 0.15) is 6.10 Å². The molecule has 4 rings (SSSR count). The standard InChI is InChI=1S/C40H64O14/c1-7-8-9-10-11-12-33(44)53-37-25(18-34(45)48-6)17-29-21-30(24-41)51-35(46)20-26(42)19-28-22-31(43)39(4,5)32(50-28)23-27-14-16-49-36(52-27)13-15-38(2,3)40(37,47)54-29/h13,15,18,26-32,36-37,41-43,47H,7-12,14,16-17,19-24H2,1-6H3/b15-13+,25-18+/t26-,27+,28-,29+,30-,31+,32+,36+,37+,40-/m1/s1. The van der Waals surface area contributed by atoms with Crippen molar-refractivity contribution in [2.45, 2.75) is 179 Å². The van der Waals surface area contributed by atoms with E-state index in [-0.39, 0.29) is 50.2 Å². The number of hydrogen-bond acceptors (Lipinski definition) is 14. The molecule has 0 aromatic heterocycles. The van der Waals surface area contributed by atoms with Gasteiger partial charge < -0.3 is 53.6 Å². The molecule has 3 saturated heterocycles. The molecule has 14 nitrogen and oxygen atoms in total. The van der Waals surface area contributed by atoms with Crippen molar-refractivity contribution in [1.29, 1.82) is 0 Å². The number of fused-ring (bicyclic) bond motifs is 6. The van der Waals surface area contributed by atoms with Gasteiger partial charge in [0.15, 0.2) is 12.4 Å². The molecule has 0 aliphatic carbocycles. The molecule has 4 aliphatic heterocycles. The van der Waals surface area contributed by atoms with Crippen LogP contribution >= 0.6 is 0 Å². The maximum absolute atomic E-state index is 13.3. The molecule has 308 valence electrons. The van der Waals surface area contributed by atoms with Crippen LogP contribution in [0.15, 0.2) is 23.8 Å². The van der Waals surface area contributed by atoms with Gasteiger partial charge in [-0.3, -0.25) is 9.59 Å². The van der Waals surface area contributed by atoms with E-state index in [4.69, 9.17) is 33.2 Å². The molecule has 0 aromatic carbocycles. The van der Waals surface area contributed by atoms with Gasteiger partial charge in [0.2, 0.25) is 5.79 Å². The van der Waals surface area contributed by atoms with Crippen LogP contribution in [-0.2, 0) is 47.5 Å². The van der Waals surface area contributed by atoms with Crippen LogP contribution in [0.3, 0.4) is 0 Å². The molecular weight excluding hydrogens is 704 g/mol. The normalized spacial score (nSPS) is 37.4. The Hall–Kier alpha value is -2.43. The topological polar surface area (TPSA) is 197 Å². The van der Waals surface area contributed by atoms with Crippen molar-refractivity contribution in [2.75, 3.05) is 20.3 Å². The van der Waals surface area contributed by atoms with Crippen molar-refractivity contribution in [2.24, 2.45) is 10.8 Å². The van der Waals surface area contributed by atoms with E-state index in [1.54, 1.807) is 26.0 Å². The van der Waals surface area contributed by atoms with Crippen LogP contribution in [0.4, 0.5) is 0 Å². The summed E-state index contributed by atoms with van der Waals surface area (Å²) in [4.78, 5) is 39.1. The summed E-state index contributed by atoms with van der Waals surface area (Å²) >= 11 is 0. The number of carbonyl (C=O) groups is 3. The Bertz CT molecular complexity index is 1310. The molecule has 10 atom stereocenters. The second-order valence-corrected chi connectivity index (χ2v) is 16.5. The second kappa shape index (κ2) is 19.6. The van der Waals surface area contributed by atoms with Crippen molar-refractivity contribution in [3.8, 4) is 0 Å². The van der Waals surface area contributed by atoms with Crippen molar-refractivity contribution in [3.63, 3.8) is 0 Å². The van der Waals surface area contributed by atoms with Gasteiger partial charge in [-0.1, -0.05) is 66.4 Å². The molecule has 14 heteroatoms. The number of ether oxygens (including phenoxy) is 7. The largest absolute Gasteiger partial charge is 0.466 e. The third kappa shape index (κ3) is 11.6. The molecule has 4 aliphatic rings. The fourth-order valence-electron chi connectivity index (χ4n) is 7.74. The Balaban J connectivity index is 1.71. The first-order valence-electron chi connectivity index (χ1n) is 19.7. The number of cyclic esters (lactones) is 1. The number of hydrogen-bond donors (Lipinski definition) is 4. The van der Waals surface area contributed by atoms with E-state index < -0.39 is 90.1 Å². The summed E-state index contributed by atoms with van der Waals surface area (Å²) in [7, 11) is 1.21. The van der Waals surface area contributed by atoms with Gasteiger partial charge in [0.25, 0.3) is 0 Å². The zero-order valence-corrected chi connectivity index (χ0v) is 32.9. The van der Waals surface area contributed by atoms with Gasteiger partial charge in [0, 0.05) is 49.0 Å². The first-order valence-corrected chi connectivity index (χ1v) is 19.7. The SMILES string of the molecule is CCCCCCCC(=O)O[C@H]1/C(=C/C(=O)OC)C[C@H]2C[C@H](CO)OC(=O)C[C@H](O)C[C@@H]3C[C@H](O)C(C)(C)[C@H](C[C@@H]4CCO[C@H](/C=C/C(C)(C)[C@]1(O)O2)O4)O3. The van der Waals surface area contributed by atoms with E-state index in [1.165, 1.54) is 13.2 Å². The molecule has 0 unspecified atom stereocenters. The lowest BCUT2D eigenvalue weighted by molar-refractivity contribution is -0.327. The highest BCUT2D eigenvalue weighted by Crippen LogP contribution is 2.47. The minimum atomic E-state index is -2.29. The number of esters is 3. The summed E-state index contributed by atoms with van der Waals surface area (Å²) in [6.07, 6.45) is 2.47. The summed E-state index contributed by atoms with van der Waals surface area (Å²) in [5.41, 5.74) is -1.74. The summed E-state index contributed by atoms with van der Waals surface area (Å²) < 4.78 is 41.7. The quantitative estimate of drug-likeness (QED) is 0.0866. The lowest BCUT2D eigenvalue weighted by Crippen LogP contribution is -2.62. The summed E-state index contributed by atoms with van der Waals surface area (Å²) in [6, 6.07) is 0.